The molecule has 1 aliphatic carbocycles. The summed E-state index contributed by atoms with van der Waals surface area (Å²) >= 11 is 0. The van der Waals surface area contributed by atoms with Crippen LogP contribution in [0.1, 0.15) is 53.4 Å². The van der Waals surface area contributed by atoms with Crippen molar-refractivity contribution in [3.8, 4) is 0 Å². The van der Waals surface area contributed by atoms with Gasteiger partial charge in [0.1, 0.15) is 6.10 Å². The van der Waals surface area contributed by atoms with Crippen molar-refractivity contribution in [2.45, 2.75) is 65.0 Å². The first-order chi connectivity index (χ1) is 7.04. The van der Waals surface area contributed by atoms with Crippen molar-refractivity contribution in [2.24, 2.45) is 16.8 Å². The van der Waals surface area contributed by atoms with E-state index in [4.69, 9.17) is 9.73 Å². The van der Waals surface area contributed by atoms with Gasteiger partial charge in [0.15, 0.2) is 5.90 Å². The standard InChI is InChI=1S/C13H23NO/c1-9(2)13(4)11-7-5-6-8-12(11)15-10(3)14-13/h9,11-12H,5-8H2,1-4H3. The van der Waals surface area contributed by atoms with Crippen molar-refractivity contribution < 1.29 is 4.74 Å². The first-order valence-electron chi connectivity index (χ1n) is 6.27. The summed E-state index contributed by atoms with van der Waals surface area (Å²) in [6.45, 7) is 8.89. The highest BCUT2D eigenvalue weighted by molar-refractivity contribution is 5.74. The van der Waals surface area contributed by atoms with Gasteiger partial charge in [0, 0.05) is 12.8 Å². The highest BCUT2D eigenvalue weighted by Crippen LogP contribution is 2.43. The van der Waals surface area contributed by atoms with E-state index < -0.39 is 0 Å². The molecule has 0 amide bonds. The first kappa shape index (κ1) is 11.0. The molecule has 2 rings (SSSR count). The van der Waals surface area contributed by atoms with Crippen molar-refractivity contribution in [1.82, 2.24) is 0 Å². The topological polar surface area (TPSA) is 21.6 Å². The average Bonchev–Trinajstić information content (AvgIpc) is 2.17. The van der Waals surface area contributed by atoms with Gasteiger partial charge in [-0.15, -0.1) is 0 Å². The van der Waals surface area contributed by atoms with E-state index in [1.54, 1.807) is 0 Å². The number of ether oxygens (including phenoxy) is 1. The zero-order chi connectivity index (χ0) is 11.1. The predicted molar refractivity (Wildman–Crippen MR) is 63.2 cm³/mol. The molecule has 3 unspecified atom stereocenters. The van der Waals surface area contributed by atoms with Gasteiger partial charge in [-0.1, -0.05) is 20.3 Å². The van der Waals surface area contributed by atoms with Crippen LogP contribution in [-0.4, -0.2) is 17.5 Å². The van der Waals surface area contributed by atoms with E-state index in [1.165, 1.54) is 25.7 Å². The Kier molecular flexibility index (Phi) is 2.78. The Labute approximate surface area is 93.1 Å². The van der Waals surface area contributed by atoms with Crippen molar-refractivity contribution in [2.75, 3.05) is 0 Å². The van der Waals surface area contributed by atoms with Crippen molar-refractivity contribution >= 4 is 5.90 Å². The second-order valence-corrected chi connectivity index (χ2v) is 5.56. The molecule has 0 aromatic carbocycles. The van der Waals surface area contributed by atoms with E-state index in [0.29, 0.717) is 17.9 Å². The van der Waals surface area contributed by atoms with Gasteiger partial charge in [0.05, 0.1) is 5.54 Å². The summed E-state index contributed by atoms with van der Waals surface area (Å²) in [6.07, 6.45) is 5.61. The third-order valence-corrected chi connectivity index (χ3v) is 4.34. The van der Waals surface area contributed by atoms with Gasteiger partial charge in [0.2, 0.25) is 0 Å². The predicted octanol–water partition coefficient (Wildman–Crippen LogP) is 3.41. The molecule has 1 heterocycles. The molecule has 86 valence electrons. The maximum Gasteiger partial charge on any atom is 0.180 e. The summed E-state index contributed by atoms with van der Waals surface area (Å²) in [5.41, 5.74) is 0.105. The largest absolute Gasteiger partial charge is 0.478 e. The SMILES string of the molecule is CC1=NC(C)(C(C)C)C2CCCCC2O1. The van der Waals surface area contributed by atoms with Crippen LogP contribution in [0.25, 0.3) is 0 Å². The van der Waals surface area contributed by atoms with Crippen LogP contribution in [0.15, 0.2) is 4.99 Å². The van der Waals surface area contributed by atoms with E-state index in [-0.39, 0.29) is 5.54 Å². The lowest BCUT2D eigenvalue weighted by Gasteiger charge is -2.47. The van der Waals surface area contributed by atoms with E-state index >= 15 is 0 Å². The summed E-state index contributed by atoms with van der Waals surface area (Å²) in [7, 11) is 0. The lowest BCUT2D eigenvalue weighted by molar-refractivity contribution is 0.00208. The first-order valence-corrected chi connectivity index (χ1v) is 6.27. The third kappa shape index (κ3) is 1.79. The van der Waals surface area contributed by atoms with E-state index in [0.717, 1.165) is 5.90 Å². The molecule has 1 fully saturated rings. The van der Waals surface area contributed by atoms with Crippen LogP contribution >= 0.6 is 0 Å². The molecular formula is C13H23NO. The molecule has 0 N–H and O–H groups in total. The van der Waals surface area contributed by atoms with Crippen LogP contribution in [0.5, 0.6) is 0 Å². The van der Waals surface area contributed by atoms with Crippen LogP contribution in [0.2, 0.25) is 0 Å². The van der Waals surface area contributed by atoms with Gasteiger partial charge < -0.3 is 4.74 Å². The second kappa shape index (κ2) is 3.80. The van der Waals surface area contributed by atoms with Gasteiger partial charge in [0.25, 0.3) is 0 Å². The van der Waals surface area contributed by atoms with Gasteiger partial charge in [-0.25, -0.2) is 4.99 Å². The smallest absolute Gasteiger partial charge is 0.180 e. The van der Waals surface area contributed by atoms with Crippen LogP contribution < -0.4 is 0 Å². The normalized spacial score (nSPS) is 40.7. The molecule has 0 aromatic heterocycles. The maximum absolute atomic E-state index is 5.89. The molecule has 0 radical (unpaired) electrons. The number of hydrogen-bond acceptors (Lipinski definition) is 2. The van der Waals surface area contributed by atoms with E-state index in [9.17, 15) is 0 Å². The fraction of sp³-hybridized carbons (Fsp3) is 0.923. The molecule has 2 aliphatic rings. The molecule has 0 saturated heterocycles. The molecule has 2 heteroatoms. The lowest BCUT2D eigenvalue weighted by Crippen LogP contribution is -2.51. The Balaban J connectivity index is 2.30. The number of fused-ring (bicyclic) bond motifs is 1. The summed E-state index contributed by atoms with van der Waals surface area (Å²) in [6, 6.07) is 0. The van der Waals surface area contributed by atoms with E-state index in [2.05, 4.69) is 20.8 Å². The summed E-state index contributed by atoms with van der Waals surface area (Å²) in [5, 5.41) is 0. The minimum Gasteiger partial charge on any atom is -0.478 e. The van der Waals surface area contributed by atoms with Crippen LogP contribution in [0, 0.1) is 11.8 Å². The van der Waals surface area contributed by atoms with Gasteiger partial charge >= 0.3 is 0 Å². The van der Waals surface area contributed by atoms with Crippen molar-refractivity contribution in [3.63, 3.8) is 0 Å². The Hall–Kier alpha value is -0.530. The van der Waals surface area contributed by atoms with Gasteiger partial charge in [-0.2, -0.15) is 0 Å². The molecule has 1 saturated carbocycles. The number of rotatable bonds is 1. The molecule has 15 heavy (non-hydrogen) atoms. The summed E-state index contributed by atoms with van der Waals surface area (Å²) in [4.78, 5) is 4.79. The van der Waals surface area contributed by atoms with Crippen LogP contribution in [0.3, 0.4) is 0 Å². The van der Waals surface area contributed by atoms with Crippen LogP contribution in [-0.2, 0) is 4.74 Å². The monoisotopic (exact) mass is 209 g/mol. The minimum atomic E-state index is 0.105. The average molecular weight is 209 g/mol. The Morgan fingerprint density at radius 3 is 2.67 bits per heavy atom. The summed E-state index contributed by atoms with van der Waals surface area (Å²) < 4.78 is 5.89. The highest BCUT2D eigenvalue weighted by atomic mass is 16.5. The third-order valence-electron chi connectivity index (χ3n) is 4.34. The fourth-order valence-corrected chi connectivity index (χ4v) is 3.13. The molecule has 0 bridgehead atoms. The highest BCUT2D eigenvalue weighted by Gasteiger charge is 2.46. The van der Waals surface area contributed by atoms with E-state index in [1.807, 2.05) is 6.92 Å². The van der Waals surface area contributed by atoms with Crippen molar-refractivity contribution in [1.29, 1.82) is 0 Å². The number of aliphatic imine (C=N–C) groups is 1. The fourth-order valence-electron chi connectivity index (χ4n) is 3.13. The Morgan fingerprint density at radius 1 is 1.33 bits per heavy atom. The quantitative estimate of drug-likeness (QED) is 0.648. The maximum atomic E-state index is 5.89. The molecule has 0 aromatic rings. The number of nitrogens with zero attached hydrogens (tertiary/aromatic N) is 1. The summed E-state index contributed by atoms with van der Waals surface area (Å²) in [5.74, 6) is 2.13. The molecular weight excluding hydrogens is 186 g/mol. The van der Waals surface area contributed by atoms with Gasteiger partial charge in [-0.3, -0.25) is 0 Å². The van der Waals surface area contributed by atoms with Gasteiger partial charge in [-0.05, 0) is 32.1 Å². The Bertz CT molecular complexity index is 272. The molecule has 2 nitrogen and oxygen atoms in total. The Morgan fingerprint density at radius 2 is 2.00 bits per heavy atom. The molecule has 3 atom stereocenters. The number of hydrogen-bond donors (Lipinski definition) is 0. The zero-order valence-corrected chi connectivity index (χ0v) is 10.4. The molecule has 0 spiro atoms. The zero-order valence-electron chi connectivity index (χ0n) is 10.4. The lowest BCUT2D eigenvalue weighted by atomic mass is 9.68. The molecule has 1 aliphatic heterocycles. The second-order valence-electron chi connectivity index (χ2n) is 5.56. The van der Waals surface area contributed by atoms with Crippen LogP contribution in [0.4, 0.5) is 0 Å². The minimum absolute atomic E-state index is 0.105. The van der Waals surface area contributed by atoms with Crippen molar-refractivity contribution in [3.05, 3.63) is 0 Å².